The molecule has 0 fully saturated rings. The average molecular weight is 432 g/mol. The highest BCUT2D eigenvalue weighted by atomic mass is 32.2. The minimum atomic E-state index is -3.41. The lowest BCUT2D eigenvalue weighted by molar-refractivity contribution is -0.136. The third kappa shape index (κ3) is 5.10. The molecule has 0 saturated carbocycles. The highest BCUT2D eigenvalue weighted by Gasteiger charge is 2.24. The van der Waals surface area contributed by atoms with Crippen molar-refractivity contribution in [1.82, 2.24) is 5.32 Å². The summed E-state index contributed by atoms with van der Waals surface area (Å²) in [6.45, 7) is 0.672. The summed E-state index contributed by atoms with van der Waals surface area (Å²) in [6.07, 6.45) is 3.17. The van der Waals surface area contributed by atoms with Gasteiger partial charge in [0.15, 0.2) is 0 Å². The minimum Gasteiger partial charge on any atom is -0.496 e. The van der Waals surface area contributed by atoms with Gasteiger partial charge in [0.05, 0.1) is 19.1 Å². The van der Waals surface area contributed by atoms with E-state index in [1.54, 1.807) is 25.3 Å². The van der Waals surface area contributed by atoms with E-state index in [0.717, 1.165) is 36.0 Å². The number of aryl methyl sites for hydroxylation is 1. The van der Waals surface area contributed by atoms with Crippen LogP contribution in [0, 0.1) is 0 Å². The second kappa shape index (κ2) is 9.17. The molecule has 0 atom stereocenters. The first-order valence-corrected chi connectivity index (χ1v) is 11.5. The maximum absolute atomic E-state index is 12.2. The van der Waals surface area contributed by atoms with Crippen LogP contribution in [0.5, 0.6) is 5.75 Å². The van der Waals surface area contributed by atoms with Crippen molar-refractivity contribution in [3.05, 3.63) is 53.6 Å². The van der Waals surface area contributed by atoms with E-state index in [1.165, 1.54) is 4.31 Å². The van der Waals surface area contributed by atoms with Gasteiger partial charge in [-0.15, -0.1) is 0 Å². The molecule has 2 amide bonds. The largest absolute Gasteiger partial charge is 0.496 e. The molecule has 0 saturated heterocycles. The first kappa shape index (κ1) is 21.6. The number of rotatable bonds is 6. The van der Waals surface area contributed by atoms with Crippen LogP contribution in [0.1, 0.15) is 17.5 Å². The summed E-state index contributed by atoms with van der Waals surface area (Å²) in [4.78, 5) is 24.4. The molecular weight excluding hydrogens is 406 g/mol. The fraction of sp³-hybridized carbons (Fsp3) is 0.333. The molecule has 8 nitrogen and oxygen atoms in total. The van der Waals surface area contributed by atoms with Crippen molar-refractivity contribution in [1.29, 1.82) is 0 Å². The summed E-state index contributed by atoms with van der Waals surface area (Å²) >= 11 is 0. The van der Waals surface area contributed by atoms with E-state index in [4.69, 9.17) is 4.74 Å². The lowest BCUT2D eigenvalue weighted by atomic mass is 10.0. The zero-order valence-corrected chi connectivity index (χ0v) is 17.8. The molecule has 2 aromatic carbocycles. The van der Waals surface area contributed by atoms with Crippen LogP contribution in [0.15, 0.2) is 42.5 Å². The molecule has 0 spiro atoms. The van der Waals surface area contributed by atoms with Gasteiger partial charge in [-0.3, -0.25) is 13.9 Å². The predicted molar refractivity (Wildman–Crippen MR) is 115 cm³/mol. The van der Waals surface area contributed by atoms with Gasteiger partial charge in [-0.2, -0.15) is 0 Å². The van der Waals surface area contributed by atoms with E-state index in [1.807, 2.05) is 24.3 Å². The Morgan fingerprint density at radius 1 is 1.13 bits per heavy atom. The normalized spacial score (nSPS) is 13.3. The lowest BCUT2D eigenvalue weighted by Gasteiger charge is -2.29. The Morgan fingerprint density at radius 3 is 2.63 bits per heavy atom. The minimum absolute atomic E-state index is 0.276. The molecule has 0 aliphatic carbocycles. The van der Waals surface area contributed by atoms with Gasteiger partial charge in [0, 0.05) is 18.8 Å². The molecule has 0 radical (unpaired) electrons. The number of benzene rings is 2. The number of nitrogens with zero attached hydrogens (tertiary/aromatic N) is 1. The summed E-state index contributed by atoms with van der Waals surface area (Å²) in [5.41, 5.74) is 2.73. The van der Waals surface area contributed by atoms with Crippen LogP contribution >= 0.6 is 0 Å². The molecule has 9 heteroatoms. The summed E-state index contributed by atoms with van der Waals surface area (Å²) in [6, 6.07) is 12.5. The summed E-state index contributed by atoms with van der Waals surface area (Å²) in [7, 11) is -1.84. The zero-order chi connectivity index (χ0) is 21.7. The van der Waals surface area contributed by atoms with Crippen LogP contribution in [0.4, 0.5) is 11.4 Å². The molecule has 1 aliphatic rings. The molecule has 2 N–H and O–H groups in total. The maximum Gasteiger partial charge on any atom is 0.313 e. The maximum atomic E-state index is 12.2. The van der Waals surface area contributed by atoms with Crippen LogP contribution < -0.4 is 19.7 Å². The Balaban J connectivity index is 1.61. The molecular formula is C21H25N3O5S. The van der Waals surface area contributed by atoms with Gasteiger partial charge in [0.25, 0.3) is 0 Å². The van der Waals surface area contributed by atoms with Crippen molar-refractivity contribution in [3.63, 3.8) is 0 Å². The topological polar surface area (TPSA) is 105 Å². The number of fused-ring (bicyclic) bond motifs is 1. The fourth-order valence-electron chi connectivity index (χ4n) is 3.45. The van der Waals surface area contributed by atoms with Gasteiger partial charge in [-0.05, 0) is 48.6 Å². The van der Waals surface area contributed by atoms with Gasteiger partial charge in [0.2, 0.25) is 10.0 Å². The number of nitrogens with one attached hydrogen (secondary N) is 2. The predicted octanol–water partition coefficient (Wildman–Crippen LogP) is 1.70. The molecule has 0 bridgehead atoms. The van der Waals surface area contributed by atoms with Crippen molar-refractivity contribution < 1.29 is 22.7 Å². The van der Waals surface area contributed by atoms with Crippen molar-refractivity contribution >= 4 is 33.2 Å². The van der Waals surface area contributed by atoms with E-state index < -0.39 is 21.8 Å². The van der Waals surface area contributed by atoms with E-state index in [2.05, 4.69) is 10.6 Å². The van der Waals surface area contributed by atoms with Gasteiger partial charge >= 0.3 is 11.8 Å². The average Bonchev–Trinajstić information content (AvgIpc) is 2.72. The number of hydrogen-bond donors (Lipinski definition) is 2. The van der Waals surface area contributed by atoms with Gasteiger partial charge in [0.1, 0.15) is 5.75 Å². The van der Waals surface area contributed by atoms with Gasteiger partial charge in [-0.25, -0.2) is 8.42 Å². The number of ether oxygens (including phenoxy) is 1. The van der Waals surface area contributed by atoms with Crippen LogP contribution in [0.3, 0.4) is 0 Å². The second-order valence-electron chi connectivity index (χ2n) is 7.05. The first-order valence-electron chi connectivity index (χ1n) is 9.61. The number of para-hydroxylation sites is 1. The van der Waals surface area contributed by atoms with E-state index in [9.17, 15) is 18.0 Å². The van der Waals surface area contributed by atoms with Crippen LogP contribution in [0.25, 0.3) is 0 Å². The monoisotopic (exact) mass is 431 g/mol. The Hall–Kier alpha value is -3.07. The fourth-order valence-corrected chi connectivity index (χ4v) is 4.44. The summed E-state index contributed by atoms with van der Waals surface area (Å²) in [5.74, 6) is -0.847. The van der Waals surface area contributed by atoms with Crippen molar-refractivity contribution in [2.24, 2.45) is 0 Å². The Kier molecular flexibility index (Phi) is 6.61. The lowest BCUT2D eigenvalue weighted by Crippen LogP contribution is -2.37. The van der Waals surface area contributed by atoms with Crippen molar-refractivity contribution in [3.8, 4) is 5.75 Å². The first-order chi connectivity index (χ1) is 14.3. The number of anilines is 2. The molecule has 1 aliphatic heterocycles. The molecule has 30 heavy (non-hydrogen) atoms. The standard InChI is InChI=1S/C21H25N3O5S/c1-29-19-8-4-3-6-16(19)11-12-22-20(25)21(26)23-17-10-9-15-7-5-13-24(18(15)14-17)30(2,27)28/h3-4,6,8-10,14H,5,7,11-13H2,1-2H3,(H,22,25)(H,23,26). The highest BCUT2D eigenvalue weighted by Crippen LogP contribution is 2.31. The Bertz CT molecular complexity index is 1050. The smallest absolute Gasteiger partial charge is 0.313 e. The number of amides is 2. The van der Waals surface area contributed by atoms with Crippen LogP contribution in [0.2, 0.25) is 0 Å². The summed E-state index contributed by atoms with van der Waals surface area (Å²) in [5, 5.41) is 5.12. The number of hydrogen-bond acceptors (Lipinski definition) is 5. The van der Waals surface area contributed by atoms with Crippen molar-refractivity contribution in [2.75, 3.05) is 36.1 Å². The van der Waals surface area contributed by atoms with Gasteiger partial charge in [-0.1, -0.05) is 24.3 Å². The Labute approximate surface area is 176 Å². The molecule has 2 aromatic rings. The third-order valence-corrected chi connectivity index (χ3v) is 6.08. The zero-order valence-electron chi connectivity index (χ0n) is 17.0. The molecule has 1 heterocycles. The van der Waals surface area contributed by atoms with Crippen molar-refractivity contribution in [2.45, 2.75) is 19.3 Å². The number of methoxy groups -OCH3 is 1. The van der Waals surface area contributed by atoms with E-state index >= 15 is 0 Å². The quantitative estimate of drug-likeness (QED) is 0.678. The van der Waals surface area contributed by atoms with Gasteiger partial charge < -0.3 is 15.4 Å². The molecule has 160 valence electrons. The van der Waals surface area contributed by atoms with Crippen LogP contribution in [-0.2, 0) is 32.5 Å². The van der Waals surface area contributed by atoms with Crippen LogP contribution in [-0.4, -0.2) is 46.7 Å². The highest BCUT2D eigenvalue weighted by molar-refractivity contribution is 7.92. The molecule has 0 aromatic heterocycles. The molecule has 0 unspecified atom stereocenters. The number of carbonyl (C=O) groups is 2. The van der Waals surface area contributed by atoms with E-state index in [0.29, 0.717) is 24.3 Å². The number of sulfonamides is 1. The van der Waals surface area contributed by atoms with E-state index in [-0.39, 0.29) is 6.54 Å². The summed E-state index contributed by atoms with van der Waals surface area (Å²) < 4.78 is 30.7. The molecule has 3 rings (SSSR count). The SMILES string of the molecule is COc1ccccc1CCNC(=O)C(=O)Nc1ccc2c(c1)N(S(C)(=O)=O)CCC2. The Morgan fingerprint density at radius 2 is 1.90 bits per heavy atom. The third-order valence-electron chi connectivity index (χ3n) is 4.90. The number of carbonyl (C=O) groups excluding carboxylic acids is 2. The second-order valence-corrected chi connectivity index (χ2v) is 8.96.